The smallest absolute Gasteiger partial charge is 0.324 e. The molecular weight excluding hydrogens is 432 g/mol. The number of aliphatic hydroxyl groups excluding tert-OH is 1. The van der Waals surface area contributed by atoms with E-state index in [4.69, 9.17) is 18.9 Å². The molecule has 0 aromatic heterocycles. The summed E-state index contributed by atoms with van der Waals surface area (Å²) in [7, 11) is 0. The molecule has 2 bridgehead atoms. The number of carbonyl (C=O) groups excluding carboxylic acids is 4. The summed E-state index contributed by atoms with van der Waals surface area (Å²) in [5.74, 6) is -4.56. The quantitative estimate of drug-likeness (QED) is 0.280. The molecule has 3 saturated carbocycles. The maximum absolute atomic E-state index is 13.8. The Morgan fingerprint density at radius 1 is 1.12 bits per heavy atom. The maximum atomic E-state index is 13.8. The van der Waals surface area contributed by atoms with Gasteiger partial charge in [-0.15, -0.1) is 0 Å². The average Bonchev–Trinajstić information content (AvgIpc) is 3.12. The fourth-order valence-corrected chi connectivity index (χ4v) is 8.01. The molecule has 2 saturated heterocycles. The van der Waals surface area contributed by atoms with E-state index < -0.39 is 82.3 Å². The molecule has 33 heavy (non-hydrogen) atoms. The van der Waals surface area contributed by atoms with Crippen molar-refractivity contribution in [2.45, 2.75) is 71.6 Å². The molecule has 5 fully saturated rings. The first-order valence-corrected chi connectivity index (χ1v) is 11.5. The number of ether oxygens (including phenoxy) is 4. The van der Waals surface area contributed by atoms with Crippen molar-refractivity contribution < 1.29 is 43.2 Å². The highest BCUT2D eigenvalue weighted by molar-refractivity contribution is 6.16. The largest absolute Gasteiger partial charge is 0.462 e. The molecule has 9 heteroatoms. The van der Waals surface area contributed by atoms with E-state index in [1.54, 1.807) is 0 Å². The van der Waals surface area contributed by atoms with E-state index in [9.17, 15) is 24.3 Å². The summed E-state index contributed by atoms with van der Waals surface area (Å²) in [6.45, 7) is 10.5. The van der Waals surface area contributed by atoms with Crippen LogP contribution >= 0.6 is 0 Å². The van der Waals surface area contributed by atoms with E-state index in [0.29, 0.717) is 12.8 Å². The van der Waals surface area contributed by atoms with Crippen LogP contribution in [0.15, 0.2) is 12.2 Å². The highest BCUT2D eigenvalue weighted by atomic mass is 16.6. The van der Waals surface area contributed by atoms with Crippen molar-refractivity contribution in [3.05, 3.63) is 12.2 Å². The zero-order valence-corrected chi connectivity index (χ0v) is 19.3. The number of hydrogen-bond acceptors (Lipinski definition) is 9. The molecule has 9 nitrogen and oxygen atoms in total. The minimum absolute atomic E-state index is 0.0294. The number of carbonyl (C=O) groups is 4. The summed E-state index contributed by atoms with van der Waals surface area (Å²) >= 11 is 0. The fourth-order valence-electron chi connectivity index (χ4n) is 8.01. The summed E-state index contributed by atoms with van der Waals surface area (Å²) < 4.78 is 23.2. The molecule has 2 spiro atoms. The lowest BCUT2D eigenvalue weighted by atomic mass is 9.43. The van der Waals surface area contributed by atoms with E-state index in [1.165, 1.54) is 13.8 Å². The number of hydrogen-bond donors (Lipinski definition) is 1. The molecule has 2 heterocycles. The molecule has 5 rings (SSSR count). The summed E-state index contributed by atoms with van der Waals surface area (Å²) in [5, 5.41) is 11.0. The van der Waals surface area contributed by atoms with Crippen LogP contribution in [0.1, 0.15) is 47.0 Å². The van der Waals surface area contributed by atoms with Crippen LogP contribution in [-0.4, -0.2) is 60.0 Å². The molecule has 0 aromatic carbocycles. The van der Waals surface area contributed by atoms with Crippen LogP contribution in [0.2, 0.25) is 0 Å². The van der Waals surface area contributed by atoms with Gasteiger partial charge >= 0.3 is 17.9 Å². The summed E-state index contributed by atoms with van der Waals surface area (Å²) in [5.41, 5.74) is -3.15. The second kappa shape index (κ2) is 6.88. The van der Waals surface area contributed by atoms with Gasteiger partial charge in [-0.1, -0.05) is 20.4 Å². The van der Waals surface area contributed by atoms with Gasteiger partial charge in [0.15, 0.2) is 17.5 Å². The van der Waals surface area contributed by atoms with Crippen molar-refractivity contribution in [1.29, 1.82) is 0 Å². The third-order valence-electron chi connectivity index (χ3n) is 8.91. The topological polar surface area (TPSA) is 125 Å². The van der Waals surface area contributed by atoms with Crippen molar-refractivity contribution in [3.8, 4) is 0 Å². The van der Waals surface area contributed by atoms with Crippen LogP contribution in [0.25, 0.3) is 0 Å². The van der Waals surface area contributed by atoms with Gasteiger partial charge in [-0.2, -0.15) is 0 Å². The molecule has 180 valence electrons. The van der Waals surface area contributed by atoms with E-state index in [1.807, 2.05) is 13.8 Å². The molecule has 1 N–H and O–H groups in total. The Labute approximate surface area is 191 Å². The third-order valence-corrected chi connectivity index (χ3v) is 8.91. The lowest BCUT2D eigenvalue weighted by Crippen LogP contribution is -2.74. The molecule has 9 atom stereocenters. The summed E-state index contributed by atoms with van der Waals surface area (Å²) in [6.07, 6.45) is -2.35. The van der Waals surface area contributed by atoms with Crippen LogP contribution in [0, 0.1) is 34.0 Å². The molecule has 2 aliphatic heterocycles. The number of aliphatic hydroxyl groups is 1. The van der Waals surface area contributed by atoms with Gasteiger partial charge in [0.25, 0.3) is 0 Å². The molecular formula is C24H30O9. The van der Waals surface area contributed by atoms with Crippen molar-refractivity contribution in [2.75, 3.05) is 6.61 Å². The van der Waals surface area contributed by atoms with Crippen LogP contribution in [-0.2, 0) is 38.1 Å². The highest BCUT2D eigenvalue weighted by Gasteiger charge is 2.83. The van der Waals surface area contributed by atoms with Gasteiger partial charge in [-0.25, -0.2) is 0 Å². The SMILES string of the molecule is C=C1C(=O)[C@@]23C(=O)O[C@H]4CCC(C)(C)[C@H]5[C@H](O)OC[C@@]45[C@@H]2[C@H](OC(C)=O)C[C@@H]1[C@H]3OC(C)=O. The lowest BCUT2D eigenvalue weighted by molar-refractivity contribution is -0.270. The fraction of sp³-hybridized carbons (Fsp3) is 0.750. The Balaban J connectivity index is 1.79. The second-order valence-electron chi connectivity index (χ2n) is 10.9. The van der Waals surface area contributed by atoms with Crippen LogP contribution in [0.3, 0.4) is 0 Å². The first-order chi connectivity index (χ1) is 15.4. The van der Waals surface area contributed by atoms with Gasteiger partial charge in [0.2, 0.25) is 0 Å². The lowest BCUT2D eigenvalue weighted by Gasteiger charge is -2.63. The number of esters is 3. The van der Waals surface area contributed by atoms with Gasteiger partial charge < -0.3 is 24.1 Å². The van der Waals surface area contributed by atoms with Crippen LogP contribution in [0.5, 0.6) is 0 Å². The van der Waals surface area contributed by atoms with Crippen LogP contribution in [0.4, 0.5) is 0 Å². The molecule has 5 aliphatic rings. The number of fused-ring (bicyclic) bond motifs is 1. The van der Waals surface area contributed by atoms with Gasteiger partial charge in [-0.05, 0) is 30.3 Å². The maximum Gasteiger partial charge on any atom is 0.324 e. The van der Waals surface area contributed by atoms with Crippen molar-refractivity contribution in [2.24, 2.45) is 34.0 Å². The number of Topliss-reactive ketones (excluding diaryl/α,β-unsaturated/α-hetero) is 1. The standard InChI is InChI=1S/C24H30O9/c1-10-13-8-14(31-11(2)25)16-23-9-30-20(28)17(23)22(4,5)7-6-15(23)33-21(29)24(16,18(10)27)19(13)32-12(3)26/h13-17,19-20,28H,1,6-9H2,2-5H3/t13-,14+,15-,16-,17+,19+,20+,23-,24-/m0/s1. The van der Waals surface area contributed by atoms with E-state index in [2.05, 4.69) is 6.58 Å². The minimum Gasteiger partial charge on any atom is -0.462 e. The number of rotatable bonds is 2. The summed E-state index contributed by atoms with van der Waals surface area (Å²) in [6, 6.07) is 0. The van der Waals surface area contributed by atoms with Gasteiger partial charge in [0.1, 0.15) is 18.3 Å². The van der Waals surface area contributed by atoms with Crippen molar-refractivity contribution in [1.82, 2.24) is 0 Å². The Bertz CT molecular complexity index is 969. The first kappa shape index (κ1) is 22.5. The highest BCUT2D eigenvalue weighted by Crippen LogP contribution is 2.71. The zero-order valence-electron chi connectivity index (χ0n) is 19.3. The van der Waals surface area contributed by atoms with E-state index in [-0.39, 0.29) is 18.6 Å². The Morgan fingerprint density at radius 2 is 1.79 bits per heavy atom. The predicted octanol–water partition coefficient (Wildman–Crippen LogP) is 1.31. The molecule has 3 aliphatic carbocycles. The molecule has 0 radical (unpaired) electrons. The zero-order chi connectivity index (χ0) is 24.1. The van der Waals surface area contributed by atoms with E-state index in [0.717, 1.165) is 0 Å². The molecule has 0 amide bonds. The average molecular weight is 462 g/mol. The Hall–Kier alpha value is -2.26. The van der Waals surface area contributed by atoms with Crippen LogP contribution < -0.4 is 0 Å². The predicted molar refractivity (Wildman–Crippen MR) is 110 cm³/mol. The monoisotopic (exact) mass is 462 g/mol. The van der Waals surface area contributed by atoms with Gasteiger partial charge in [0, 0.05) is 37.0 Å². The number of ketones is 1. The third kappa shape index (κ3) is 2.60. The van der Waals surface area contributed by atoms with Crippen molar-refractivity contribution in [3.63, 3.8) is 0 Å². The Kier molecular flexibility index (Phi) is 4.70. The van der Waals surface area contributed by atoms with Gasteiger partial charge in [-0.3, -0.25) is 19.2 Å². The molecule has 0 aromatic rings. The minimum atomic E-state index is -1.90. The first-order valence-electron chi connectivity index (χ1n) is 11.5. The normalized spacial score (nSPS) is 47.2. The van der Waals surface area contributed by atoms with Crippen molar-refractivity contribution >= 4 is 23.7 Å². The molecule has 0 unspecified atom stereocenters. The second-order valence-corrected chi connectivity index (χ2v) is 10.9. The van der Waals surface area contributed by atoms with E-state index >= 15 is 0 Å². The summed E-state index contributed by atoms with van der Waals surface area (Å²) in [4.78, 5) is 51.8. The van der Waals surface area contributed by atoms with Gasteiger partial charge in [0.05, 0.1) is 6.61 Å². The Morgan fingerprint density at radius 3 is 2.42 bits per heavy atom.